The van der Waals surface area contributed by atoms with E-state index in [9.17, 15) is 12.8 Å². The van der Waals surface area contributed by atoms with Crippen molar-refractivity contribution in [2.24, 2.45) is 12.8 Å². The number of hydrogen-bond donors (Lipinski definition) is 2. The maximum absolute atomic E-state index is 13.7. The van der Waals surface area contributed by atoms with Crippen molar-refractivity contribution in [1.82, 2.24) is 9.78 Å². The van der Waals surface area contributed by atoms with Crippen LogP contribution in [0.3, 0.4) is 0 Å². The molecule has 1 aromatic carbocycles. The first kappa shape index (κ1) is 13.5. The maximum Gasteiger partial charge on any atom is 0.265 e. The number of halogens is 1. The van der Waals surface area contributed by atoms with Crippen LogP contribution in [0, 0.1) is 5.82 Å². The van der Waals surface area contributed by atoms with Gasteiger partial charge in [-0.1, -0.05) is 6.07 Å². The SMILES string of the molecule is Cn1cc(S(=O)(=O)Nc2ccc(CN)cc2F)cn1. The molecule has 0 radical (unpaired) electrons. The molecule has 8 heteroatoms. The molecule has 0 aliphatic heterocycles. The normalized spacial score (nSPS) is 11.5. The molecular weight excluding hydrogens is 271 g/mol. The van der Waals surface area contributed by atoms with Crippen LogP contribution < -0.4 is 10.5 Å². The molecule has 0 aliphatic rings. The van der Waals surface area contributed by atoms with Gasteiger partial charge >= 0.3 is 0 Å². The van der Waals surface area contributed by atoms with E-state index >= 15 is 0 Å². The second-order valence-corrected chi connectivity index (χ2v) is 5.66. The summed E-state index contributed by atoms with van der Waals surface area (Å²) in [6.45, 7) is 0.187. The van der Waals surface area contributed by atoms with Gasteiger partial charge in [0, 0.05) is 19.8 Å². The molecule has 0 bridgehead atoms. The van der Waals surface area contributed by atoms with Crippen LogP contribution in [0.4, 0.5) is 10.1 Å². The molecule has 3 N–H and O–H groups in total. The fraction of sp³-hybridized carbons (Fsp3) is 0.182. The number of nitrogens with two attached hydrogens (primary N) is 1. The molecule has 0 atom stereocenters. The number of sulfonamides is 1. The third-order valence-corrected chi connectivity index (χ3v) is 3.83. The predicted octanol–water partition coefficient (Wildman–Crippen LogP) is 0.819. The third-order valence-electron chi connectivity index (χ3n) is 2.51. The zero-order chi connectivity index (χ0) is 14.0. The number of rotatable bonds is 4. The lowest BCUT2D eigenvalue weighted by atomic mass is 10.2. The second-order valence-electron chi connectivity index (χ2n) is 3.97. The zero-order valence-electron chi connectivity index (χ0n) is 10.2. The average Bonchev–Trinajstić information content (AvgIpc) is 2.79. The molecule has 102 valence electrons. The van der Waals surface area contributed by atoms with Gasteiger partial charge in [0.2, 0.25) is 0 Å². The molecule has 0 amide bonds. The Morgan fingerprint density at radius 2 is 2.21 bits per heavy atom. The summed E-state index contributed by atoms with van der Waals surface area (Å²) in [5.74, 6) is -0.671. The lowest BCUT2D eigenvalue weighted by molar-refractivity contribution is 0.598. The quantitative estimate of drug-likeness (QED) is 0.869. The molecule has 0 aliphatic carbocycles. The number of hydrogen-bond acceptors (Lipinski definition) is 4. The number of anilines is 1. The number of benzene rings is 1. The van der Waals surface area contributed by atoms with Crippen molar-refractivity contribution >= 4 is 15.7 Å². The summed E-state index contributed by atoms with van der Waals surface area (Å²) in [4.78, 5) is -0.0303. The first-order chi connectivity index (χ1) is 8.92. The Kier molecular flexibility index (Phi) is 3.54. The smallest absolute Gasteiger partial charge is 0.265 e. The van der Waals surface area contributed by atoms with E-state index in [-0.39, 0.29) is 17.1 Å². The van der Waals surface area contributed by atoms with Crippen LogP contribution in [0.2, 0.25) is 0 Å². The van der Waals surface area contributed by atoms with Gasteiger partial charge in [0.1, 0.15) is 10.7 Å². The predicted molar refractivity (Wildman–Crippen MR) is 68.3 cm³/mol. The highest BCUT2D eigenvalue weighted by Gasteiger charge is 2.18. The Morgan fingerprint density at radius 3 is 2.74 bits per heavy atom. The monoisotopic (exact) mass is 284 g/mol. The van der Waals surface area contributed by atoms with Gasteiger partial charge in [-0.25, -0.2) is 12.8 Å². The van der Waals surface area contributed by atoms with E-state index in [2.05, 4.69) is 9.82 Å². The van der Waals surface area contributed by atoms with E-state index in [4.69, 9.17) is 5.73 Å². The van der Waals surface area contributed by atoms with Crippen LogP contribution in [0.15, 0.2) is 35.5 Å². The number of nitrogens with one attached hydrogen (secondary N) is 1. The maximum atomic E-state index is 13.7. The fourth-order valence-electron chi connectivity index (χ4n) is 1.51. The Morgan fingerprint density at radius 1 is 1.47 bits per heavy atom. The van der Waals surface area contributed by atoms with Gasteiger partial charge in [-0.15, -0.1) is 0 Å². The Bertz CT molecular complexity index is 696. The van der Waals surface area contributed by atoms with Gasteiger partial charge in [0.15, 0.2) is 0 Å². The van der Waals surface area contributed by atoms with Gasteiger partial charge in [0.25, 0.3) is 10.0 Å². The highest BCUT2D eigenvalue weighted by Crippen LogP contribution is 2.19. The van der Waals surface area contributed by atoms with Crippen molar-refractivity contribution in [3.63, 3.8) is 0 Å². The van der Waals surface area contributed by atoms with Crippen LogP contribution in [0.1, 0.15) is 5.56 Å². The molecule has 0 saturated carbocycles. The lowest BCUT2D eigenvalue weighted by Gasteiger charge is -2.08. The van der Waals surface area contributed by atoms with Crippen molar-refractivity contribution in [3.8, 4) is 0 Å². The molecule has 6 nitrogen and oxygen atoms in total. The summed E-state index contributed by atoms with van der Waals surface area (Å²) in [6, 6.07) is 4.09. The van der Waals surface area contributed by atoms with Gasteiger partial charge in [0.05, 0.1) is 11.9 Å². The highest BCUT2D eigenvalue weighted by molar-refractivity contribution is 7.92. The molecule has 0 fully saturated rings. The summed E-state index contributed by atoms with van der Waals surface area (Å²) >= 11 is 0. The summed E-state index contributed by atoms with van der Waals surface area (Å²) < 4.78 is 41.1. The van der Waals surface area contributed by atoms with E-state index in [1.807, 2.05) is 0 Å². The van der Waals surface area contributed by atoms with Crippen molar-refractivity contribution in [2.45, 2.75) is 11.4 Å². The van der Waals surface area contributed by atoms with Gasteiger partial charge in [-0.05, 0) is 17.7 Å². The van der Waals surface area contributed by atoms with Crippen molar-refractivity contribution in [2.75, 3.05) is 4.72 Å². The van der Waals surface area contributed by atoms with Crippen LogP contribution in [-0.2, 0) is 23.6 Å². The summed E-state index contributed by atoms with van der Waals surface area (Å²) in [5, 5.41) is 3.76. The van der Waals surface area contributed by atoms with Crippen molar-refractivity contribution in [3.05, 3.63) is 42.0 Å². The first-order valence-corrected chi connectivity index (χ1v) is 6.90. The Balaban J connectivity index is 2.30. The highest BCUT2D eigenvalue weighted by atomic mass is 32.2. The van der Waals surface area contributed by atoms with E-state index in [1.165, 1.54) is 29.2 Å². The standard InChI is InChI=1S/C11H13FN4O2S/c1-16-7-9(6-14-16)19(17,18)15-11-3-2-8(5-13)4-10(11)12/h2-4,6-7,15H,5,13H2,1H3. The lowest BCUT2D eigenvalue weighted by Crippen LogP contribution is -2.13. The minimum absolute atomic E-state index is 0.0303. The van der Waals surface area contributed by atoms with Crippen LogP contribution in [-0.4, -0.2) is 18.2 Å². The van der Waals surface area contributed by atoms with Crippen molar-refractivity contribution in [1.29, 1.82) is 0 Å². The summed E-state index contributed by atoms with van der Waals surface area (Å²) in [6.07, 6.45) is 2.52. The topological polar surface area (TPSA) is 90.0 Å². The van der Waals surface area contributed by atoms with Crippen LogP contribution >= 0.6 is 0 Å². The molecule has 0 saturated heterocycles. The van der Waals surface area contributed by atoms with E-state index in [0.29, 0.717) is 5.56 Å². The van der Waals surface area contributed by atoms with E-state index < -0.39 is 15.8 Å². The van der Waals surface area contributed by atoms with Crippen LogP contribution in [0.25, 0.3) is 0 Å². The number of nitrogens with zero attached hydrogens (tertiary/aromatic N) is 2. The van der Waals surface area contributed by atoms with E-state index in [0.717, 1.165) is 0 Å². The van der Waals surface area contributed by atoms with Gasteiger partial charge in [-0.3, -0.25) is 9.40 Å². The summed E-state index contributed by atoms with van der Waals surface area (Å²) in [7, 11) is -2.25. The summed E-state index contributed by atoms with van der Waals surface area (Å²) in [5.41, 5.74) is 5.83. The Hall–Kier alpha value is -1.93. The fourth-order valence-corrected chi connectivity index (χ4v) is 2.56. The average molecular weight is 284 g/mol. The number of aromatic nitrogens is 2. The Labute approximate surface area is 110 Å². The van der Waals surface area contributed by atoms with Crippen LogP contribution in [0.5, 0.6) is 0 Å². The molecule has 19 heavy (non-hydrogen) atoms. The van der Waals surface area contributed by atoms with Gasteiger partial charge in [-0.2, -0.15) is 5.10 Å². The second kappa shape index (κ2) is 4.98. The first-order valence-electron chi connectivity index (χ1n) is 5.42. The van der Waals surface area contributed by atoms with E-state index in [1.54, 1.807) is 13.1 Å². The minimum Gasteiger partial charge on any atom is -0.326 e. The minimum atomic E-state index is -3.84. The molecule has 0 spiro atoms. The molecule has 2 aromatic rings. The van der Waals surface area contributed by atoms with Crippen molar-refractivity contribution < 1.29 is 12.8 Å². The van der Waals surface area contributed by atoms with Gasteiger partial charge < -0.3 is 5.73 Å². The third kappa shape index (κ3) is 2.91. The molecule has 2 rings (SSSR count). The largest absolute Gasteiger partial charge is 0.326 e. The molecule has 0 unspecified atom stereocenters. The number of aryl methyl sites for hydroxylation is 1. The molecule has 1 aromatic heterocycles. The zero-order valence-corrected chi connectivity index (χ0v) is 11.0. The molecular formula is C11H13FN4O2S. The molecule has 1 heterocycles.